The molecular weight excluding hydrogens is 378 g/mol. The molecule has 0 aliphatic heterocycles. The molecule has 0 saturated heterocycles. The number of rotatable bonds is 6. The van der Waals surface area contributed by atoms with Crippen LogP contribution in [0.3, 0.4) is 0 Å². The van der Waals surface area contributed by atoms with Crippen molar-refractivity contribution in [2.24, 2.45) is 0 Å². The molecule has 3 aromatic rings. The number of amides is 1. The van der Waals surface area contributed by atoms with Crippen LogP contribution in [0.5, 0.6) is 5.75 Å². The van der Waals surface area contributed by atoms with Crippen LogP contribution in [0.15, 0.2) is 45.6 Å². The Kier molecular flexibility index (Phi) is 5.61. The molecule has 1 aromatic carbocycles. The van der Waals surface area contributed by atoms with E-state index in [0.717, 1.165) is 4.88 Å². The third kappa shape index (κ3) is 3.75. The van der Waals surface area contributed by atoms with Gasteiger partial charge in [-0.05, 0) is 24.3 Å². The number of carbonyl (C=O) groups is 1. The Labute approximate surface area is 158 Å². The van der Waals surface area contributed by atoms with Crippen LogP contribution >= 0.6 is 22.9 Å². The summed E-state index contributed by atoms with van der Waals surface area (Å²) >= 11 is 7.30. The molecule has 0 saturated carbocycles. The summed E-state index contributed by atoms with van der Waals surface area (Å²) in [6.07, 6.45) is -0.357. The molecule has 6 nitrogen and oxygen atoms in total. The second-order valence-corrected chi connectivity index (χ2v) is 7.15. The van der Waals surface area contributed by atoms with Crippen LogP contribution in [0.2, 0.25) is 4.34 Å². The number of para-hydroxylation sites is 1. The molecule has 1 unspecified atom stereocenters. The molecule has 1 amide bonds. The fourth-order valence-corrected chi connectivity index (χ4v) is 3.66. The van der Waals surface area contributed by atoms with E-state index < -0.39 is 11.5 Å². The third-order valence-corrected chi connectivity index (χ3v) is 5.16. The lowest BCUT2D eigenvalue weighted by Crippen LogP contribution is -2.32. The lowest BCUT2D eigenvalue weighted by atomic mass is 10.1. The second-order valence-electron chi connectivity index (χ2n) is 5.40. The van der Waals surface area contributed by atoms with Gasteiger partial charge in [0.05, 0.1) is 11.4 Å². The number of benzene rings is 1. The Balaban J connectivity index is 1.81. The highest BCUT2D eigenvalue weighted by atomic mass is 35.5. The summed E-state index contributed by atoms with van der Waals surface area (Å²) in [6, 6.07) is 10.3. The van der Waals surface area contributed by atoms with E-state index in [1.165, 1.54) is 24.5 Å². The number of ether oxygens (including phenoxy) is 2. The van der Waals surface area contributed by atoms with Crippen molar-refractivity contribution in [1.29, 1.82) is 0 Å². The number of hydrogen-bond acceptors (Lipinski definition) is 6. The maximum absolute atomic E-state index is 12.4. The van der Waals surface area contributed by atoms with Crippen molar-refractivity contribution in [3.63, 3.8) is 0 Å². The molecule has 0 fully saturated rings. The predicted octanol–water partition coefficient (Wildman–Crippen LogP) is 3.63. The summed E-state index contributed by atoms with van der Waals surface area (Å²) in [7, 11) is 3.03. The molecular formula is C18H16ClNO5S. The molecule has 3 rings (SSSR count). The number of fused-ring (bicyclic) bond motifs is 1. The van der Waals surface area contributed by atoms with E-state index in [2.05, 4.69) is 5.32 Å². The van der Waals surface area contributed by atoms with Crippen LogP contribution in [0, 0.1) is 0 Å². The molecule has 8 heteroatoms. The maximum atomic E-state index is 12.4. The highest BCUT2D eigenvalue weighted by Crippen LogP contribution is 2.28. The molecule has 2 aromatic heterocycles. The molecule has 26 heavy (non-hydrogen) atoms. The standard InChI is InChI=1S/C18H16ClNO5S/c1-23-12-5-3-4-10-8-11(18(22)25-16(10)12)17(21)20-9-13(24-2)14-6-7-15(19)26-14/h3-8,13H,9H2,1-2H3,(H,20,21). The van der Waals surface area contributed by atoms with Gasteiger partial charge >= 0.3 is 5.63 Å². The van der Waals surface area contributed by atoms with Gasteiger partial charge in [-0.2, -0.15) is 0 Å². The lowest BCUT2D eigenvalue weighted by molar-refractivity contribution is 0.0835. The van der Waals surface area contributed by atoms with E-state index in [4.69, 9.17) is 25.5 Å². The monoisotopic (exact) mass is 393 g/mol. The minimum atomic E-state index is -0.729. The number of methoxy groups -OCH3 is 2. The van der Waals surface area contributed by atoms with Crippen LogP contribution < -0.4 is 15.7 Å². The molecule has 0 aliphatic carbocycles. The van der Waals surface area contributed by atoms with E-state index in [1.54, 1.807) is 31.4 Å². The molecule has 2 heterocycles. The molecule has 136 valence electrons. The van der Waals surface area contributed by atoms with Crippen LogP contribution in [-0.2, 0) is 4.74 Å². The quantitative estimate of drug-likeness (QED) is 0.647. The largest absolute Gasteiger partial charge is 0.493 e. The van der Waals surface area contributed by atoms with E-state index in [1.807, 2.05) is 6.07 Å². The van der Waals surface area contributed by atoms with E-state index >= 15 is 0 Å². The van der Waals surface area contributed by atoms with Crippen molar-refractivity contribution < 1.29 is 18.7 Å². The van der Waals surface area contributed by atoms with Crippen molar-refractivity contribution in [2.75, 3.05) is 20.8 Å². The van der Waals surface area contributed by atoms with Gasteiger partial charge in [0.1, 0.15) is 11.7 Å². The van der Waals surface area contributed by atoms with Gasteiger partial charge in [-0.1, -0.05) is 23.7 Å². The molecule has 0 spiro atoms. The summed E-state index contributed by atoms with van der Waals surface area (Å²) in [5, 5.41) is 3.30. The number of nitrogens with one attached hydrogen (secondary N) is 1. The van der Waals surface area contributed by atoms with Crippen molar-refractivity contribution >= 4 is 39.8 Å². The molecule has 1 atom stereocenters. The van der Waals surface area contributed by atoms with Crippen molar-refractivity contribution in [3.05, 3.63) is 61.6 Å². The zero-order valence-electron chi connectivity index (χ0n) is 14.1. The zero-order valence-corrected chi connectivity index (χ0v) is 15.6. The number of carbonyl (C=O) groups excluding carboxylic acids is 1. The van der Waals surface area contributed by atoms with Crippen LogP contribution in [-0.4, -0.2) is 26.7 Å². The fraction of sp³-hybridized carbons (Fsp3) is 0.222. The average molecular weight is 394 g/mol. The van der Waals surface area contributed by atoms with Gasteiger partial charge in [-0.25, -0.2) is 4.79 Å². The van der Waals surface area contributed by atoms with Gasteiger partial charge < -0.3 is 19.2 Å². The topological polar surface area (TPSA) is 77.8 Å². The molecule has 0 radical (unpaired) electrons. The first kappa shape index (κ1) is 18.4. The van der Waals surface area contributed by atoms with Gasteiger partial charge in [0.25, 0.3) is 5.91 Å². The van der Waals surface area contributed by atoms with Gasteiger partial charge in [0, 0.05) is 23.9 Å². The van der Waals surface area contributed by atoms with E-state index in [9.17, 15) is 9.59 Å². The second kappa shape index (κ2) is 7.90. The van der Waals surface area contributed by atoms with Crippen molar-refractivity contribution in [3.8, 4) is 5.75 Å². The van der Waals surface area contributed by atoms with E-state index in [0.29, 0.717) is 21.1 Å². The Morgan fingerprint density at radius 1 is 1.31 bits per heavy atom. The van der Waals surface area contributed by atoms with Gasteiger partial charge in [-0.15, -0.1) is 11.3 Å². The average Bonchev–Trinajstić information content (AvgIpc) is 3.07. The minimum Gasteiger partial charge on any atom is -0.493 e. The lowest BCUT2D eigenvalue weighted by Gasteiger charge is -2.14. The normalized spacial score (nSPS) is 12.1. The highest BCUT2D eigenvalue weighted by Gasteiger charge is 2.18. The summed E-state index contributed by atoms with van der Waals surface area (Å²) in [6.45, 7) is 0.196. The highest BCUT2D eigenvalue weighted by molar-refractivity contribution is 7.16. The molecule has 0 aliphatic rings. The Morgan fingerprint density at radius 3 is 2.77 bits per heavy atom. The van der Waals surface area contributed by atoms with Gasteiger partial charge in [0.15, 0.2) is 11.3 Å². The first-order chi connectivity index (χ1) is 12.5. The maximum Gasteiger partial charge on any atom is 0.349 e. The van der Waals surface area contributed by atoms with Crippen molar-refractivity contribution in [2.45, 2.75) is 6.10 Å². The van der Waals surface area contributed by atoms with Crippen LogP contribution in [0.1, 0.15) is 21.3 Å². The molecule has 0 bridgehead atoms. The number of hydrogen-bond donors (Lipinski definition) is 1. The van der Waals surface area contributed by atoms with Crippen molar-refractivity contribution in [1.82, 2.24) is 5.32 Å². The predicted molar refractivity (Wildman–Crippen MR) is 100 cm³/mol. The minimum absolute atomic E-state index is 0.0789. The summed E-state index contributed by atoms with van der Waals surface area (Å²) in [4.78, 5) is 25.5. The number of thiophene rings is 1. The molecule has 1 N–H and O–H groups in total. The fourth-order valence-electron chi connectivity index (χ4n) is 2.52. The smallest absolute Gasteiger partial charge is 0.349 e. The zero-order chi connectivity index (χ0) is 18.7. The Bertz CT molecular complexity index is 997. The van der Waals surface area contributed by atoms with Crippen LogP contribution in [0.25, 0.3) is 11.0 Å². The SMILES string of the molecule is COc1cccc2cc(C(=O)NCC(OC)c3ccc(Cl)s3)c(=O)oc12. The first-order valence-electron chi connectivity index (χ1n) is 7.70. The summed E-state index contributed by atoms with van der Waals surface area (Å²) in [5.41, 5.74) is -0.503. The summed E-state index contributed by atoms with van der Waals surface area (Å²) < 4.78 is 16.5. The van der Waals surface area contributed by atoms with Gasteiger partial charge in [0.2, 0.25) is 0 Å². The van der Waals surface area contributed by atoms with E-state index in [-0.39, 0.29) is 18.2 Å². The Morgan fingerprint density at radius 2 is 2.12 bits per heavy atom. The summed E-state index contributed by atoms with van der Waals surface area (Å²) in [5.74, 6) is -0.103. The number of halogens is 1. The third-order valence-electron chi connectivity index (χ3n) is 3.83. The van der Waals surface area contributed by atoms with Gasteiger partial charge in [-0.3, -0.25) is 4.79 Å². The Hall–Kier alpha value is -2.35. The first-order valence-corrected chi connectivity index (χ1v) is 8.90. The van der Waals surface area contributed by atoms with Crippen LogP contribution in [0.4, 0.5) is 0 Å².